The van der Waals surface area contributed by atoms with Crippen LogP contribution < -0.4 is 9.44 Å². The number of benzene rings is 2. The Morgan fingerprint density at radius 1 is 1.04 bits per heavy atom. The first kappa shape index (κ1) is 16.9. The molecular formula is C15H15FN2O4S2. The maximum atomic E-state index is 13.0. The quantitative estimate of drug-likeness (QED) is 0.887. The topological polar surface area (TPSA) is 97.5 Å². The molecule has 0 fully saturated rings. The van der Waals surface area contributed by atoms with Crippen LogP contribution in [0.4, 0.5) is 10.1 Å². The number of sulfonamides is 2. The average molecular weight is 370 g/mol. The molecule has 2 aromatic carbocycles. The highest BCUT2D eigenvalue weighted by Gasteiger charge is 2.36. The van der Waals surface area contributed by atoms with Gasteiger partial charge in [0.05, 0.1) is 15.5 Å². The van der Waals surface area contributed by atoms with Gasteiger partial charge in [-0.1, -0.05) is 0 Å². The van der Waals surface area contributed by atoms with E-state index in [1.54, 1.807) is 6.92 Å². The van der Waals surface area contributed by atoms with Crippen molar-refractivity contribution in [3.63, 3.8) is 0 Å². The van der Waals surface area contributed by atoms with Crippen molar-refractivity contribution in [3.8, 4) is 0 Å². The summed E-state index contributed by atoms with van der Waals surface area (Å²) in [5.41, 5.74) is 0.985. The van der Waals surface area contributed by atoms with Crippen LogP contribution in [0.2, 0.25) is 0 Å². The number of primary sulfonamides is 1. The van der Waals surface area contributed by atoms with Gasteiger partial charge in [-0.25, -0.2) is 26.4 Å². The molecule has 2 aromatic rings. The molecule has 0 aliphatic carbocycles. The molecular weight excluding hydrogens is 355 g/mol. The Kier molecular flexibility index (Phi) is 3.89. The van der Waals surface area contributed by atoms with Crippen LogP contribution in [0, 0.1) is 5.82 Å². The summed E-state index contributed by atoms with van der Waals surface area (Å²) in [6, 6.07) is 8.27. The molecule has 1 atom stereocenters. The van der Waals surface area contributed by atoms with Crippen LogP contribution in [-0.2, 0) is 26.5 Å². The minimum atomic E-state index is -3.88. The first-order valence-corrected chi connectivity index (χ1v) is 10.0. The molecule has 128 valence electrons. The molecule has 3 rings (SSSR count). The zero-order chi connectivity index (χ0) is 17.7. The van der Waals surface area contributed by atoms with E-state index in [1.807, 2.05) is 0 Å². The van der Waals surface area contributed by atoms with Crippen molar-refractivity contribution in [1.82, 2.24) is 0 Å². The number of fused-ring (bicyclic) bond motifs is 1. The van der Waals surface area contributed by atoms with Crippen molar-refractivity contribution < 1.29 is 21.2 Å². The van der Waals surface area contributed by atoms with E-state index in [0.717, 1.165) is 12.1 Å². The lowest BCUT2D eigenvalue weighted by Crippen LogP contribution is -2.35. The van der Waals surface area contributed by atoms with Crippen LogP contribution in [0.5, 0.6) is 0 Å². The van der Waals surface area contributed by atoms with Crippen LogP contribution in [-0.4, -0.2) is 22.9 Å². The van der Waals surface area contributed by atoms with E-state index < -0.39 is 31.9 Å². The van der Waals surface area contributed by atoms with E-state index in [-0.39, 0.29) is 9.79 Å². The van der Waals surface area contributed by atoms with Crippen LogP contribution in [0.25, 0.3) is 0 Å². The van der Waals surface area contributed by atoms with E-state index in [4.69, 9.17) is 5.14 Å². The fraction of sp³-hybridized carbons (Fsp3) is 0.200. The molecule has 1 heterocycles. The third-order valence-corrected chi connectivity index (χ3v) is 6.76. The Morgan fingerprint density at radius 3 is 2.21 bits per heavy atom. The Labute approximate surface area is 139 Å². The van der Waals surface area contributed by atoms with E-state index in [9.17, 15) is 21.2 Å². The van der Waals surface area contributed by atoms with Crippen molar-refractivity contribution in [2.24, 2.45) is 5.14 Å². The molecule has 0 bridgehead atoms. The number of halogens is 1. The maximum absolute atomic E-state index is 13.0. The summed E-state index contributed by atoms with van der Waals surface area (Å²) in [4.78, 5) is -0.0893. The maximum Gasteiger partial charge on any atom is 0.264 e. The summed E-state index contributed by atoms with van der Waals surface area (Å²) in [5.74, 6) is -0.526. The Hall–Kier alpha value is -1.97. The summed E-state index contributed by atoms with van der Waals surface area (Å²) in [6.45, 7) is 1.72. The highest BCUT2D eigenvalue weighted by atomic mass is 32.2. The fourth-order valence-corrected chi connectivity index (χ4v) is 5.10. The molecule has 0 spiro atoms. The molecule has 9 heteroatoms. The van der Waals surface area contributed by atoms with Gasteiger partial charge in [0.25, 0.3) is 10.0 Å². The van der Waals surface area contributed by atoms with E-state index in [1.165, 1.54) is 34.6 Å². The van der Waals surface area contributed by atoms with Crippen molar-refractivity contribution in [1.29, 1.82) is 0 Å². The monoisotopic (exact) mass is 370 g/mol. The van der Waals surface area contributed by atoms with E-state index in [2.05, 4.69) is 0 Å². The molecule has 6 nitrogen and oxygen atoms in total. The summed E-state index contributed by atoms with van der Waals surface area (Å²) in [5, 5.41) is 5.12. The van der Waals surface area contributed by atoms with Gasteiger partial charge in [-0.05, 0) is 61.4 Å². The minimum Gasteiger partial charge on any atom is -0.263 e. The molecule has 2 N–H and O–H groups in total. The number of anilines is 1. The zero-order valence-corrected chi connectivity index (χ0v) is 14.3. The predicted octanol–water partition coefficient (Wildman–Crippen LogP) is 1.61. The van der Waals surface area contributed by atoms with Crippen LogP contribution >= 0.6 is 0 Å². The van der Waals surface area contributed by atoms with E-state index >= 15 is 0 Å². The summed E-state index contributed by atoms with van der Waals surface area (Å²) < 4.78 is 62.9. The van der Waals surface area contributed by atoms with Gasteiger partial charge in [-0.15, -0.1) is 0 Å². The van der Waals surface area contributed by atoms with Crippen molar-refractivity contribution >= 4 is 25.7 Å². The van der Waals surface area contributed by atoms with Crippen molar-refractivity contribution in [2.75, 3.05) is 4.31 Å². The molecule has 0 amide bonds. The smallest absolute Gasteiger partial charge is 0.263 e. The first-order valence-electron chi connectivity index (χ1n) is 7.06. The summed E-state index contributed by atoms with van der Waals surface area (Å²) in [7, 11) is -7.74. The van der Waals surface area contributed by atoms with Crippen molar-refractivity contribution in [2.45, 2.75) is 29.2 Å². The summed E-state index contributed by atoms with van der Waals surface area (Å²) >= 11 is 0. The molecule has 0 radical (unpaired) electrons. The Balaban J connectivity index is 2.10. The summed E-state index contributed by atoms with van der Waals surface area (Å²) in [6.07, 6.45) is 0.360. The lowest BCUT2D eigenvalue weighted by atomic mass is 10.1. The van der Waals surface area contributed by atoms with Gasteiger partial charge < -0.3 is 0 Å². The lowest BCUT2D eigenvalue weighted by Gasteiger charge is -2.24. The largest absolute Gasteiger partial charge is 0.264 e. The number of hydrogen-bond donors (Lipinski definition) is 1. The van der Waals surface area contributed by atoms with Gasteiger partial charge in [-0.2, -0.15) is 0 Å². The molecule has 1 unspecified atom stereocenters. The Bertz CT molecular complexity index is 1000. The first-order chi connectivity index (χ1) is 11.1. The predicted molar refractivity (Wildman–Crippen MR) is 87.0 cm³/mol. The van der Waals surface area contributed by atoms with Crippen LogP contribution in [0.3, 0.4) is 0 Å². The third-order valence-electron chi connectivity index (χ3n) is 3.90. The second-order valence-corrected chi connectivity index (χ2v) is 9.02. The normalized spacial score (nSPS) is 17.8. The SMILES string of the molecule is CC1Cc2cc(S(N)(=O)=O)ccc2N1S(=O)(=O)c1ccc(F)cc1. The van der Waals surface area contributed by atoms with Gasteiger partial charge in [0.15, 0.2) is 0 Å². The fourth-order valence-electron chi connectivity index (χ4n) is 2.84. The molecule has 1 aliphatic heterocycles. The second-order valence-electron chi connectivity index (χ2n) is 5.64. The highest BCUT2D eigenvalue weighted by Crippen LogP contribution is 2.37. The molecule has 0 saturated heterocycles. The van der Waals surface area contributed by atoms with Crippen LogP contribution in [0.1, 0.15) is 12.5 Å². The molecule has 24 heavy (non-hydrogen) atoms. The molecule has 1 aliphatic rings. The Morgan fingerprint density at radius 2 is 1.62 bits per heavy atom. The van der Waals surface area contributed by atoms with Crippen molar-refractivity contribution in [3.05, 3.63) is 53.8 Å². The van der Waals surface area contributed by atoms with Gasteiger partial charge in [-0.3, -0.25) is 4.31 Å². The zero-order valence-electron chi connectivity index (χ0n) is 12.7. The molecule has 0 saturated carbocycles. The van der Waals surface area contributed by atoms with Gasteiger partial charge in [0, 0.05) is 6.04 Å². The van der Waals surface area contributed by atoms with Gasteiger partial charge in [0.1, 0.15) is 5.82 Å². The number of nitrogens with two attached hydrogens (primary N) is 1. The van der Waals surface area contributed by atoms with Gasteiger partial charge >= 0.3 is 0 Å². The van der Waals surface area contributed by atoms with E-state index in [0.29, 0.717) is 17.7 Å². The minimum absolute atomic E-state index is 0.0286. The second kappa shape index (κ2) is 5.54. The number of hydrogen-bond acceptors (Lipinski definition) is 4. The number of rotatable bonds is 3. The number of nitrogens with zero attached hydrogens (tertiary/aromatic N) is 1. The third kappa shape index (κ3) is 2.79. The van der Waals surface area contributed by atoms with Crippen LogP contribution in [0.15, 0.2) is 52.3 Å². The van der Waals surface area contributed by atoms with Gasteiger partial charge in [0.2, 0.25) is 10.0 Å². The standard InChI is InChI=1S/C15H15FN2O4S2/c1-10-8-11-9-14(23(17,19)20)6-7-15(11)18(10)24(21,22)13-4-2-12(16)3-5-13/h2-7,9-10H,8H2,1H3,(H2,17,19,20). The highest BCUT2D eigenvalue weighted by molar-refractivity contribution is 7.93. The average Bonchev–Trinajstić information content (AvgIpc) is 2.82. The molecule has 0 aromatic heterocycles. The lowest BCUT2D eigenvalue weighted by molar-refractivity contribution is 0.583.